The fourth-order valence-electron chi connectivity index (χ4n) is 1.24. The van der Waals surface area contributed by atoms with E-state index < -0.39 is 21.4 Å². The van der Waals surface area contributed by atoms with Crippen LogP contribution in [-0.4, -0.2) is 31.4 Å². The lowest BCUT2D eigenvalue weighted by atomic mass is 10.2. The van der Waals surface area contributed by atoms with Crippen LogP contribution in [-0.2, 0) is 14.8 Å². The van der Waals surface area contributed by atoms with Crippen LogP contribution in [0.3, 0.4) is 0 Å². The molecule has 100 valence electrons. The molecule has 0 aromatic heterocycles. The van der Waals surface area contributed by atoms with Gasteiger partial charge >= 0.3 is 5.97 Å². The van der Waals surface area contributed by atoms with E-state index in [0.717, 1.165) is 5.56 Å². The Balaban J connectivity index is 2.60. The lowest BCUT2D eigenvalue weighted by molar-refractivity contribution is -0.136. The Bertz CT molecular complexity index is 512. The number of halogens is 1. The third kappa shape index (κ3) is 4.29. The zero-order chi connectivity index (χ0) is 13.8. The van der Waals surface area contributed by atoms with Crippen molar-refractivity contribution in [3.8, 4) is 0 Å². The maximum Gasteiger partial charge on any atom is 0.321 e. The first-order valence-electron chi connectivity index (χ1n) is 5.26. The minimum atomic E-state index is -3.60. The number of sulfonamides is 1. The van der Waals surface area contributed by atoms with Crippen molar-refractivity contribution in [2.45, 2.75) is 23.6 Å². The van der Waals surface area contributed by atoms with E-state index in [-0.39, 0.29) is 17.9 Å². The highest BCUT2D eigenvalue weighted by Crippen LogP contribution is 2.10. The quantitative estimate of drug-likeness (QED) is 0.775. The first kappa shape index (κ1) is 14.9. The van der Waals surface area contributed by atoms with Crippen LogP contribution >= 0.6 is 11.6 Å². The molecule has 0 radical (unpaired) electrons. The summed E-state index contributed by atoms with van der Waals surface area (Å²) in [5.41, 5.74) is 0.959. The fourth-order valence-corrected chi connectivity index (χ4v) is 2.40. The zero-order valence-corrected chi connectivity index (χ0v) is 11.3. The average Bonchev–Trinajstić information content (AvgIpc) is 2.29. The van der Waals surface area contributed by atoms with Crippen molar-refractivity contribution in [2.24, 2.45) is 0 Å². The molecule has 0 unspecified atom stereocenters. The van der Waals surface area contributed by atoms with Gasteiger partial charge < -0.3 is 5.11 Å². The van der Waals surface area contributed by atoms with Crippen molar-refractivity contribution in [1.82, 2.24) is 4.72 Å². The van der Waals surface area contributed by atoms with Gasteiger partial charge in [0.15, 0.2) is 0 Å². The molecule has 0 aliphatic heterocycles. The third-order valence-corrected chi connectivity index (χ3v) is 4.17. The fraction of sp³-hybridized carbons (Fsp3) is 0.364. The highest BCUT2D eigenvalue weighted by Gasteiger charge is 2.17. The van der Waals surface area contributed by atoms with E-state index in [9.17, 15) is 13.2 Å². The summed E-state index contributed by atoms with van der Waals surface area (Å²) in [6.45, 7) is 1.84. The third-order valence-electron chi connectivity index (χ3n) is 2.29. The molecular formula is C11H14ClNO4S. The number of carboxylic acids is 1. The van der Waals surface area contributed by atoms with Gasteiger partial charge in [-0.15, -0.1) is 11.6 Å². The minimum Gasteiger partial charge on any atom is -0.480 e. The largest absolute Gasteiger partial charge is 0.480 e. The summed E-state index contributed by atoms with van der Waals surface area (Å²) in [6, 6.07) is 6.37. The Hall–Kier alpha value is -1.11. The number of nitrogens with one attached hydrogen (secondary N) is 1. The molecule has 0 spiro atoms. The number of hydrogen-bond donors (Lipinski definition) is 2. The summed E-state index contributed by atoms with van der Waals surface area (Å²) in [4.78, 5) is 10.6. The van der Waals surface area contributed by atoms with Gasteiger partial charge in [-0.3, -0.25) is 4.79 Å². The lowest BCUT2D eigenvalue weighted by Gasteiger charge is -2.08. The second kappa shape index (κ2) is 6.17. The van der Waals surface area contributed by atoms with Crippen LogP contribution in [0.2, 0.25) is 0 Å². The molecule has 0 saturated heterocycles. The van der Waals surface area contributed by atoms with Crippen LogP contribution in [0.5, 0.6) is 0 Å². The molecule has 1 aromatic carbocycles. The summed E-state index contributed by atoms with van der Waals surface area (Å²) in [5.74, 6) is -1.16. The number of aryl methyl sites for hydroxylation is 1. The van der Waals surface area contributed by atoms with Crippen molar-refractivity contribution >= 4 is 27.6 Å². The van der Waals surface area contributed by atoms with Crippen LogP contribution in [0.4, 0.5) is 0 Å². The van der Waals surface area contributed by atoms with Crippen molar-refractivity contribution in [1.29, 1.82) is 0 Å². The number of hydrogen-bond acceptors (Lipinski definition) is 3. The van der Waals surface area contributed by atoms with Crippen molar-refractivity contribution in [2.75, 3.05) is 6.54 Å². The molecule has 0 fully saturated rings. The van der Waals surface area contributed by atoms with Gasteiger partial charge in [-0.1, -0.05) is 17.7 Å². The van der Waals surface area contributed by atoms with Crippen molar-refractivity contribution in [3.05, 3.63) is 29.8 Å². The molecule has 7 heteroatoms. The summed E-state index contributed by atoms with van der Waals surface area (Å²) in [7, 11) is -3.60. The Labute approximate surface area is 111 Å². The molecule has 0 bridgehead atoms. The summed E-state index contributed by atoms with van der Waals surface area (Å²) >= 11 is 5.48. The SMILES string of the molecule is Cc1ccc(S(=O)(=O)NCC[C@@H](Cl)C(=O)O)cc1. The number of aliphatic carboxylic acids is 1. The molecule has 0 heterocycles. The molecule has 2 N–H and O–H groups in total. The number of carbonyl (C=O) groups is 1. The van der Waals surface area contributed by atoms with Gasteiger partial charge in [0.25, 0.3) is 0 Å². The van der Waals surface area contributed by atoms with E-state index in [2.05, 4.69) is 4.72 Å². The predicted octanol–water partition coefficient (Wildman–Crippen LogP) is 1.36. The van der Waals surface area contributed by atoms with E-state index in [1.165, 1.54) is 12.1 Å². The Morgan fingerprint density at radius 3 is 2.44 bits per heavy atom. The second-order valence-electron chi connectivity index (χ2n) is 3.81. The van der Waals surface area contributed by atoms with E-state index in [1.807, 2.05) is 6.92 Å². The highest BCUT2D eigenvalue weighted by atomic mass is 35.5. The highest BCUT2D eigenvalue weighted by molar-refractivity contribution is 7.89. The monoisotopic (exact) mass is 291 g/mol. The Morgan fingerprint density at radius 1 is 1.39 bits per heavy atom. The first-order valence-corrected chi connectivity index (χ1v) is 7.18. The standard InChI is InChI=1S/C11H14ClNO4S/c1-8-2-4-9(5-3-8)18(16,17)13-7-6-10(12)11(14)15/h2-5,10,13H,6-7H2,1H3,(H,14,15)/t10-/m1/s1. The van der Waals surface area contributed by atoms with E-state index in [4.69, 9.17) is 16.7 Å². The predicted molar refractivity (Wildman–Crippen MR) is 68.3 cm³/mol. The molecule has 5 nitrogen and oxygen atoms in total. The molecule has 0 amide bonds. The Morgan fingerprint density at radius 2 is 1.94 bits per heavy atom. The van der Waals surface area contributed by atoms with Gasteiger partial charge in [0, 0.05) is 6.54 Å². The van der Waals surface area contributed by atoms with E-state index >= 15 is 0 Å². The van der Waals surface area contributed by atoms with Crippen molar-refractivity contribution < 1.29 is 18.3 Å². The number of rotatable bonds is 6. The van der Waals surface area contributed by atoms with Crippen LogP contribution in [0, 0.1) is 6.92 Å². The molecule has 18 heavy (non-hydrogen) atoms. The van der Waals surface area contributed by atoms with Crippen LogP contribution in [0.15, 0.2) is 29.2 Å². The number of carboxylic acid groups (broad SMARTS) is 1. The number of alkyl halides is 1. The van der Waals surface area contributed by atoms with Gasteiger partial charge in [0.1, 0.15) is 5.38 Å². The molecule has 0 aliphatic carbocycles. The van der Waals surface area contributed by atoms with Crippen LogP contribution in [0.25, 0.3) is 0 Å². The lowest BCUT2D eigenvalue weighted by Crippen LogP contribution is -2.28. The molecule has 0 saturated carbocycles. The second-order valence-corrected chi connectivity index (χ2v) is 6.10. The average molecular weight is 292 g/mol. The maximum atomic E-state index is 11.8. The molecule has 1 aromatic rings. The van der Waals surface area contributed by atoms with Crippen LogP contribution in [0.1, 0.15) is 12.0 Å². The van der Waals surface area contributed by atoms with Gasteiger partial charge in [-0.25, -0.2) is 13.1 Å². The van der Waals surface area contributed by atoms with Gasteiger partial charge in [-0.05, 0) is 25.5 Å². The minimum absolute atomic E-state index is 0.0172. The summed E-state index contributed by atoms with van der Waals surface area (Å²) in [5, 5.41) is 7.46. The van der Waals surface area contributed by atoms with E-state index in [1.54, 1.807) is 12.1 Å². The normalized spacial score (nSPS) is 13.2. The summed E-state index contributed by atoms with van der Waals surface area (Å²) < 4.78 is 25.9. The summed E-state index contributed by atoms with van der Waals surface area (Å²) in [6.07, 6.45) is 0.0297. The number of benzene rings is 1. The smallest absolute Gasteiger partial charge is 0.321 e. The van der Waals surface area contributed by atoms with Gasteiger partial charge in [0.2, 0.25) is 10.0 Å². The van der Waals surface area contributed by atoms with Gasteiger partial charge in [0.05, 0.1) is 4.90 Å². The maximum absolute atomic E-state index is 11.8. The first-order chi connectivity index (χ1) is 8.33. The molecular weight excluding hydrogens is 278 g/mol. The van der Waals surface area contributed by atoms with E-state index in [0.29, 0.717) is 0 Å². The van der Waals surface area contributed by atoms with Gasteiger partial charge in [-0.2, -0.15) is 0 Å². The molecule has 1 rings (SSSR count). The Kier molecular flexibility index (Phi) is 5.13. The van der Waals surface area contributed by atoms with Crippen LogP contribution < -0.4 is 4.72 Å². The topological polar surface area (TPSA) is 83.5 Å². The molecule has 0 aliphatic rings. The van der Waals surface area contributed by atoms with Crippen molar-refractivity contribution in [3.63, 3.8) is 0 Å². The molecule has 1 atom stereocenters. The zero-order valence-electron chi connectivity index (χ0n) is 9.76.